The molecular formula is C43H74O6. The summed E-state index contributed by atoms with van der Waals surface area (Å²) in [7, 11) is 0. The maximum Gasteiger partial charge on any atom is 0.306 e. The molecule has 0 amide bonds. The Morgan fingerprint density at radius 2 is 0.796 bits per heavy atom. The Kier molecular flexibility index (Phi) is 36.1. The third-order valence-corrected chi connectivity index (χ3v) is 8.35. The van der Waals surface area contributed by atoms with Crippen molar-refractivity contribution in [2.45, 2.75) is 194 Å². The summed E-state index contributed by atoms with van der Waals surface area (Å²) in [5.41, 5.74) is 0. The third kappa shape index (κ3) is 36.5. The van der Waals surface area contributed by atoms with Crippen LogP contribution in [0.2, 0.25) is 0 Å². The number of allylic oxidation sites excluding steroid dienone is 8. The minimum Gasteiger partial charge on any atom is -0.462 e. The van der Waals surface area contributed by atoms with Crippen molar-refractivity contribution in [3.8, 4) is 0 Å². The number of carbonyl (C=O) groups excluding carboxylic acids is 3. The predicted octanol–water partition coefficient (Wildman–Crippen LogP) is 12.4. The highest BCUT2D eigenvalue weighted by atomic mass is 16.6. The molecule has 0 saturated carbocycles. The second kappa shape index (κ2) is 38.2. The highest BCUT2D eigenvalue weighted by Crippen LogP contribution is 2.12. The van der Waals surface area contributed by atoms with Crippen molar-refractivity contribution in [3.05, 3.63) is 48.6 Å². The Morgan fingerprint density at radius 1 is 0.429 bits per heavy atom. The van der Waals surface area contributed by atoms with Gasteiger partial charge in [0.1, 0.15) is 13.2 Å². The molecule has 0 rings (SSSR count). The molecule has 0 aromatic heterocycles. The average Bonchev–Trinajstić information content (AvgIpc) is 3.10. The molecule has 0 aromatic rings. The minimum atomic E-state index is -0.773. The molecule has 0 aromatic carbocycles. The van der Waals surface area contributed by atoms with E-state index in [4.69, 9.17) is 14.2 Å². The van der Waals surface area contributed by atoms with E-state index >= 15 is 0 Å². The Bertz CT molecular complexity index is 887. The van der Waals surface area contributed by atoms with Gasteiger partial charge in [-0.15, -0.1) is 0 Å². The van der Waals surface area contributed by atoms with Crippen LogP contribution in [0.15, 0.2) is 48.6 Å². The van der Waals surface area contributed by atoms with Crippen LogP contribution in [-0.4, -0.2) is 37.2 Å². The van der Waals surface area contributed by atoms with Gasteiger partial charge in [0.2, 0.25) is 0 Å². The molecule has 6 heteroatoms. The maximum atomic E-state index is 12.5. The Hall–Kier alpha value is -2.63. The van der Waals surface area contributed by atoms with Gasteiger partial charge in [-0.2, -0.15) is 0 Å². The first-order valence-electron chi connectivity index (χ1n) is 20.1. The number of hydrogen-bond donors (Lipinski definition) is 0. The van der Waals surface area contributed by atoms with Crippen molar-refractivity contribution in [1.82, 2.24) is 0 Å². The summed E-state index contributed by atoms with van der Waals surface area (Å²) in [6, 6.07) is 0. The summed E-state index contributed by atoms with van der Waals surface area (Å²) in [5, 5.41) is 0. The van der Waals surface area contributed by atoms with Crippen molar-refractivity contribution < 1.29 is 28.6 Å². The van der Waals surface area contributed by atoms with Gasteiger partial charge in [0.25, 0.3) is 0 Å². The van der Waals surface area contributed by atoms with Crippen molar-refractivity contribution >= 4 is 17.9 Å². The lowest BCUT2D eigenvalue weighted by molar-refractivity contribution is -0.167. The molecule has 1 atom stereocenters. The molecule has 0 fully saturated rings. The predicted molar refractivity (Wildman–Crippen MR) is 205 cm³/mol. The van der Waals surface area contributed by atoms with E-state index in [1.807, 2.05) is 0 Å². The van der Waals surface area contributed by atoms with E-state index < -0.39 is 6.10 Å². The second-order valence-corrected chi connectivity index (χ2v) is 13.2. The van der Waals surface area contributed by atoms with Gasteiger partial charge < -0.3 is 14.2 Å². The maximum absolute atomic E-state index is 12.5. The van der Waals surface area contributed by atoms with Crippen molar-refractivity contribution in [1.29, 1.82) is 0 Å². The summed E-state index contributed by atoms with van der Waals surface area (Å²) in [4.78, 5) is 37.3. The fraction of sp³-hybridized carbons (Fsp3) is 0.744. The fourth-order valence-electron chi connectivity index (χ4n) is 5.31. The van der Waals surface area contributed by atoms with E-state index in [9.17, 15) is 14.4 Å². The standard InChI is InChI=1S/C43H74O6/c1-4-7-10-13-16-18-19-20-21-22-23-24-25-26-28-30-33-36-42(45)48-39-40(38-47-41(44)35-32-29-15-12-9-6-3)49-43(46)37-34-31-27-17-14-11-8-5-2/h7,10,16,18,20-21,23-24,40H,4-6,8-9,11-15,17,19,22,25-39H2,1-3H3/b10-7-,18-16-,21-20-,24-23-. The summed E-state index contributed by atoms with van der Waals surface area (Å²) in [6.07, 6.45) is 42.6. The molecule has 6 nitrogen and oxygen atoms in total. The van der Waals surface area contributed by atoms with Gasteiger partial charge in [0, 0.05) is 19.3 Å². The zero-order valence-corrected chi connectivity index (χ0v) is 31.9. The van der Waals surface area contributed by atoms with Crippen LogP contribution in [0.1, 0.15) is 188 Å². The summed E-state index contributed by atoms with van der Waals surface area (Å²) >= 11 is 0. The topological polar surface area (TPSA) is 78.9 Å². The third-order valence-electron chi connectivity index (χ3n) is 8.35. The molecule has 0 aliphatic heterocycles. The monoisotopic (exact) mass is 687 g/mol. The van der Waals surface area contributed by atoms with Gasteiger partial charge in [0.15, 0.2) is 6.10 Å². The van der Waals surface area contributed by atoms with E-state index in [2.05, 4.69) is 69.4 Å². The van der Waals surface area contributed by atoms with Gasteiger partial charge >= 0.3 is 17.9 Å². The summed E-state index contributed by atoms with van der Waals surface area (Å²) in [5.74, 6) is -0.926. The molecule has 0 aliphatic rings. The van der Waals surface area contributed by atoms with Gasteiger partial charge in [-0.1, -0.05) is 159 Å². The number of unbranched alkanes of at least 4 members (excludes halogenated alkanes) is 16. The molecular weight excluding hydrogens is 612 g/mol. The first-order valence-corrected chi connectivity index (χ1v) is 20.1. The average molecular weight is 687 g/mol. The molecule has 49 heavy (non-hydrogen) atoms. The van der Waals surface area contributed by atoms with Gasteiger partial charge in [-0.25, -0.2) is 0 Å². The molecule has 0 heterocycles. The van der Waals surface area contributed by atoms with Gasteiger partial charge in [-0.05, 0) is 57.8 Å². The lowest BCUT2D eigenvalue weighted by Crippen LogP contribution is -2.30. The number of esters is 3. The van der Waals surface area contributed by atoms with Crippen LogP contribution in [0.3, 0.4) is 0 Å². The molecule has 0 aliphatic carbocycles. The lowest BCUT2D eigenvalue weighted by atomic mass is 10.1. The van der Waals surface area contributed by atoms with Crippen LogP contribution in [0.4, 0.5) is 0 Å². The largest absolute Gasteiger partial charge is 0.462 e. The SMILES string of the molecule is CC/C=C\C/C=C\C/C=C\C/C=C\CCCCCCC(=O)OCC(COC(=O)CCCCCCCC)OC(=O)CCCCCCCCCC. The van der Waals surface area contributed by atoms with Crippen molar-refractivity contribution in [2.75, 3.05) is 13.2 Å². The molecule has 0 N–H and O–H groups in total. The first-order chi connectivity index (χ1) is 24.0. The fourth-order valence-corrected chi connectivity index (χ4v) is 5.31. The quantitative estimate of drug-likeness (QED) is 0.0286. The van der Waals surface area contributed by atoms with Crippen LogP contribution in [0.5, 0.6) is 0 Å². The van der Waals surface area contributed by atoms with Crippen LogP contribution in [-0.2, 0) is 28.6 Å². The van der Waals surface area contributed by atoms with Crippen LogP contribution < -0.4 is 0 Å². The summed E-state index contributed by atoms with van der Waals surface area (Å²) < 4.78 is 16.5. The van der Waals surface area contributed by atoms with E-state index in [1.165, 1.54) is 51.4 Å². The molecule has 1 unspecified atom stereocenters. The number of ether oxygens (including phenoxy) is 3. The Balaban J connectivity index is 4.29. The van der Waals surface area contributed by atoms with Gasteiger partial charge in [0.05, 0.1) is 0 Å². The molecule has 0 spiro atoms. The number of hydrogen-bond acceptors (Lipinski definition) is 6. The number of carbonyl (C=O) groups is 3. The number of rotatable bonds is 35. The zero-order chi connectivity index (χ0) is 35.9. The van der Waals surface area contributed by atoms with E-state index in [-0.39, 0.29) is 31.1 Å². The lowest BCUT2D eigenvalue weighted by Gasteiger charge is -2.18. The van der Waals surface area contributed by atoms with Crippen molar-refractivity contribution in [3.63, 3.8) is 0 Å². The van der Waals surface area contributed by atoms with Crippen LogP contribution in [0, 0.1) is 0 Å². The van der Waals surface area contributed by atoms with Crippen LogP contribution >= 0.6 is 0 Å². The van der Waals surface area contributed by atoms with E-state index in [1.54, 1.807) is 0 Å². The highest BCUT2D eigenvalue weighted by molar-refractivity contribution is 5.71. The normalized spacial score (nSPS) is 12.5. The second-order valence-electron chi connectivity index (χ2n) is 13.2. The summed E-state index contributed by atoms with van der Waals surface area (Å²) in [6.45, 7) is 6.38. The molecule has 0 radical (unpaired) electrons. The molecule has 282 valence electrons. The Morgan fingerprint density at radius 3 is 1.24 bits per heavy atom. The van der Waals surface area contributed by atoms with Crippen molar-refractivity contribution in [2.24, 2.45) is 0 Å². The highest BCUT2D eigenvalue weighted by Gasteiger charge is 2.19. The smallest absolute Gasteiger partial charge is 0.306 e. The zero-order valence-electron chi connectivity index (χ0n) is 31.9. The minimum absolute atomic E-state index is 0.0809. The van der Waals surface area contributed by atoms with E-state index in [0.29, 0.717) is 19.3 Å². The van der Waals surface area contributed by atoms with E-state index in [0.717, 1.165) is 96.3 Å². The molecule has 0 bridgehead atoms. The van der Waals surface area contributed by atoms with Gasteiger partial charge in [-0.3, -0.25) is 14.4 Å². The van der Waals surface area contributed by atoms with Crippen LogP contribution in [0.25, 0.3) is 0 Å². The Labute approximate surface area is 301 Å². The first kappa shape index (κ1) is 46.4. The molecule has 0 saturated heterocycles.